The van der Waals surface area contributed by atoms with Gasteiger partial charge in [-0.3, -0.25) is 4.79 Å². The van der Waals surface area contributed by atoms with E-state index in [0.29, 0.717) is 13.1 Å². The fraction of sp³-hybridized carbons (Fsp3) is 0.278. The second kappa shape index (κ2) is 7.65. The highest BCUT2D eigenvalue weighted by atomic mass is 16.7. The van der Waals surface area contributed by atoms with Gasteiger partial charge >= 0.3 is 0 Å². The van der Waals surface area contributed by atoms with Gasteiger partial charge in [-0.2, -0.15) is 0 Å². The van der Waals surface area contributed by atoms with E-state index in [1.807, 2.05) is 36.4 Å². The molecule has 0 saturated heterocycles. The van der Waals surface area contributed by atoms with Gasteiger partial charge in [-0.25, -0.2) is 0 Å². The van der Waals surface area contributed by atoms with Crippen LogP contribution in [0.5, 0.6) is 11.5 Å². The molecule has 0 saturated carbocycles. The first-order chi connectivity index (χ1) is 11.3. The third-order valence-electron chi connectivity index (χ3n) is 3.65. The Morgan fingerprint density at radius 2 is 1.83 bits per heavy atom. The highest BCUT2D eigenvalue weighted by molar-refractivity contribution is 5.78. The second-order valence-electron chi connectivity index (χ2n) is 5.38. The largest absolute Gasteiger partial charge is 0.454 e. The molecule has 1 heterocycles. The summed E-state index contributed by atoms with van der Waals surface area (Å²) in [6.07, 6.45) is 0.913. The van der Waals surface area contributed by atoms with Crippen LogP contribution in [0.4, 0.5) is 0 Å². The van der Waals surface area contributed by atoms with Crippen LogP contribution in [-0.2, 0) is 17.8 Å². The normalized spacial score (nSPS) is 12.2. The summed E-state index contributed by atoms with van der Waals surface area (Å²) in [5.74, 6) is 1.47. The summed E-state index contributed by atoms with van der Waals surface area (Å²) in [7, 11) is 0. The van der Waals surface area contributed by atoms with Crippen molar-refractivity contribution in [1.29, 1.82) is 0 Å². The van der Waals surface area contributed by atoms with Crippen molar-refractivity contribution in [1.82, 2.24) is 10.6 Å². The number of amides is 1. The van der Waals surface area contributed by atoms with Gasteiger partial charge in [-0.1, -0.05) is 36.4 Å². The van der Waals surface area contributed by atoms with Crippen molar-refractivity contribution in [3.63, 3.8) is 0 Å². The topological polar surface area (TPSA) is 59.6 Å². The molecule has 2 aromatic rings. The van der Waals surface area contributed by atoms with Crippen LogP contribution >= 0.6 is 0 Å². The number of carbonyl (C=O) groups is 1. The van der Waals surface area contributed by atoms with E-state index >= 15 is 0 Å². The van der Waals surface area contributed by atoms with Gasteiger partial charge < -0.3 is 20.1 Å². The number of carbonyl (C=O) groups excluding carboxylic acids is 1. The second-order valence-corrected chi connectivity index (χ2v) is 5.38. The molecule has 1 aliphatic heterocycles. The van der Waals surface area contributed by atoms with E-state index in [1.165, 1.54) is 5.56 Å². The summed E-state index contributed by atoms with van der Waals surface area (Å²) in [5, 5.41) is 6.05. The van der Waals surface area contributed by atoms with Crippen molar-refractivity contribution in [2.24, 2.45) is 0 Å². The first-order valence-corrected chi connectivity index (χ1v) is 7.71. The minimum atomic E-state index is -0.0178. The molecule has 0 bridgehead atoms. The number of ether oxygens (including phenoxy) is 2. The molecule has 0 unspecified atom stereocenters. The standard InChI is InChI=1S/C18H20N2O3/c21-18(12-19-9-8-14-4-2-1-3-5-14)20-11-15-6-7-16-17(10-15)23-13-22-16/h1-7,10,19H,8-9,11-13H2,(H,20,21). The van der Waals surface area contributed by atoms with E-state index in [4.69, 9.17) is 9.47 Å². The summed E-state index contributed by atoms with van der Waals surface area (Å²) in [4.78, 5) is 11.8. The van der Waals surface area contributed by atoms with Gasteiger partial charge in [0.05, 0.1) is 6.54 Å². The lowest BCUT2D eigenvalue weighted by atomic mass is 10.1. The van der Waals surface area contributed by atoms with E-state index in [2.05, 4.69) is 22.8 Å². The number of rotatable bonds is 7. The zero-order chi connectivity index (χ0) is 15.9. The number of nitrogens with one attached hydrogen (secondary N) is 2. The molecule has 2 aromatic carbocycles. The Morgan fingerprint density at radius 3 is 2.70 bits per heavy atom. The molecule has 0 atom stereocenters. The Kier molecular flexibility index (Phi) is 5.11. The average Bonchev–Trinajstić information content (AvgIpc) is 3.05. The van der Waals surface area contributed by atoms with Crippen molar-refractivity contribution in [2.75, 3.05) is 19.9 Å². The molecule has 0 aromatic heterocycles. The van der Waals surface area contributed by atoms with Crippen molar-refractivity contribution in [3.05, 3.63) is 59.7 Å². The van der Waals surface area contributed by atoms with E-state index in [0.717, 1.165) is 30.0 Å². The van der Waals surface area contributed by atoms with Crippen LogP contribution in [0.25, 0.3) is 0 Å². The molecular weight excluding hydrogens is 292 g/mol. The zero-order valence-corrected chi connectivity index (χ0v) is 12.9. The third kappa shape index (κ3) is 4.47. The fourth-order valence-electron chi connectivity index (χ4n) is 2.39. The van der Waals surface area contributed by atoms with Crippen molar-refractivity contribution in [3.8, 4) is 11.5 Å². The van der Waals surface area contributed by atoms with Gasteiger partial charge in [0.15, 0.2) is 11.5 Å². The summed E-state index contributed by atoms with van der Waals surface area (Å²) in [6.45, 7) is 1.84. The molecule has 3 rings (SSSR count). The Labute approximate surface area is 135 Å². The van der Waals surface area contributed by atoms with Crippen LogP contribution in [-0.4, -0.2) is 25.8 Å². The van der Waals surface area contributed by atoms with Crippen LogP contribution < -0.4 is 20.1 Å². The van der Waals surface area contributed by atoms with Gasteiger partial charge in [0, 0.05) is 6.54 Å². The maximum atomic E-state index is 11.8. The van der Waals surface area contributed by atoms with Crippen LogP contribution in [0.1, 0.15) is 11.1 Å². The zero-order valence-electron chi connectivity index (χ0n) is 12.9. The fourth-order valence-corrected chi connectivity index (χ4v) is 2.39. The lowest BCUT2D eigenvalue weighted by Gasteiger charge is -2.07. The van der Waals surface area contributed by atoms with Gasteiger partial charge in [-0.15, -0.1) is 0 Å². The maximum absolute atomic E-state index is 11.8. The number of hydrogen-bond acceptors (Lipinski definition) is 4. The minimum Gasteiger partial charge on any atom is -0.454 e. The van der Waals surface area contributed by atoms with Crippen LogP contribution in [0.2, 0.25) is 0 Å². The quantitative estimate of drug-likeness (QED) is 0.766. The number of hydrogen-bond donors (Lipinski definition) is 2. The Bertz CT molecular complexity index is 659. The number of fused-ring (bicyclic) bond motifs is 1. The highest BCUT2D eigenvalue weighted by Gasteiger charge is 2.13. The molecule has 120 valence electrons. The molecule has 0 radical (unpaired) electrons. The van der Waals surface area contributed by atoms with Gasteiger partial charge in [0.25, 0.3) is 0 Å². The average molecular weight is 312 g/mol. The lowest BCUT2D eigenvalue weighted by Crippen LogP contribution is -2.34. The Hall–Kier alpha value is -2.53. The van der Waals surface area contributed by atoms with E-state index < -0.39 is 0 Å². The third-order valence-corrected chi connectivity index (χ3v) is 3.65. The first kappa shape index (κ1) is 15.4. The lowest BCUT2D eigenvalue weighted by molar-refractivity contribution is -0.120. The Morgan fingerprint density at radius 1 is 1.00 bits per heavy atom. The van der Waals surface area contributed by atoms with Crippen molar-refractivity contribution < 1.29 is 14.3 Å². The summed E-state index contributed by atoms with van der Waals surface area (Å²) >= 11 is 0. The molecular formula is C18H20N2O3. The van der Waals surface area contributed by atoms with E-state index in [9.17, 15) is 4.79 Å². The van der Waals surface area contributed by atoms with E-state index in [1.54, 1.807) is 0 Å². The molecule has 1 amide bonds. The minimum absolute atomic E-state index is 0.0178. The van der Waals surface area contributed by atoms with Gasteiger partial charge in [0.1, 0.15) is 0 Å². The molecule has 0 aliphatic carbocycles. The summed E-state index contributed by atoms with van der Waals surface area (Å²) < 4.78 is 10.6. The van der Waals surface area contributed by atoms with Crippen molar-refractivity contribution >= 4 is 5.91 Å². The molecule has 5 nitrogen and oxygen atoms in total. The molecule has 23 heavy (non-hydrogen) atoms. The molecule has 0 fully saturated rings. The molecule has 2 N–H and O–H groups in total. The van der Waals surface area contributed by atoms with Crippen LogP contribution in [0, 0.1) is 0 Å². The van der Waals surface area contributed by atoms with E-state index in [-0.39, 0.29) is 12.7 Å². The summed E-state index contributed by atoms with van der Waals surface area (Å²) in [6, 6.07) is 15.9. The Balaban J connectivity index is 1.35. The predicted octanol–water partition coefficient (Wildman–Crippen LogP) is 1.86. The monoisotopic (exact) mass is 312 g/mol. The van der Waals surface area contributed by atoms with Crippen LogP contribution in [0.3, 0.4) is 0 Å². The smallest absolute Gasteiger partial charge is 0.234 e. The van der Waals surface area contributed by atoms with Gasteiger partial charge in [-0.05, 0) is 36.2 Å². The van der Waals surface area contributed by atoms with Gasteiger partial charge in [0.2, 0.25) is 12.7 Å². The van der Waals surface area contributed by atoms with Crippen molar-refractivity contribution in [2.45, 2.75) is 13.0 Å². The number of benzene rings is 2. The van der Waals surface area contributed by atoms with Crippen LogP contribution in [0.15, 0.2) is 48.5 Å². The summed E-state index contributed by atoms with van der Waals surface area (Å²) in [5.41, 5.74) is 2.26. The highest BCUT2D eigenvalue weighted by Crippen LogP contribution is 2.32. The molecule has 5 heteroatoms. The molecule has 0 spiro atoms. The molecule has 1 aliphatic rings. The SMILES string of the molecule is O=C(CNCCc1ccccc1)NCc1ccc2c(c1)OCO2. The predicted molar refractivity (Wildman–Crippen MR) is 87.4 cm³/mol. The first-order valence-electron chi connectivity index (χ1n) is 7.71. The maximum Gasteiger partial charge on any atom is 0.234 e.